The molecule has 2 aromatic rings. The van der Waals surface area contributed by atoms with Gasteiger partial charge in [0.15, 0.2) is 5.13 Å². The number of β-lactam (4-membered cyclic amide) rings is 1. The van der Waals surface area contributed by atoms with E-state index in [1.165, 1.54) is 21.6 Å². The molecule has 44 heavy (non-hydrogen) atoms. The Labute approximate surface area is 283 Å². The average molecular weight is 648 g/mol. The number of rotatable bonds is 9. The molecule has 2 aromatic heterocycles. The van der Waals surface area contributed by atoms with Crippen LogP contribution in [0.1, 0.15) is 37.7 Å². The minimum absolute atomic E-state index is 0. The predicted molar refractivity (Wildman–Crippen MR) is 167 cm³/mol. The van der Waals surface area contributed by atoms with Crippen LogP contribution in [-0.4, -0.2) is 114 Å². The number of aliphatic carboxylic acids is 1. The van der Waals surface area contributed by atoms with Crippen molar-refractivity contribution < 1.29 is 29.1 Å². The zero-order valence-electron chi connectivity index (χ0n) is 23.0. The Balaban J connectivity index is 0.00000384. The molecule has 0 spiro atoms. The Bertz CT molecular complexity index is 1540. The molecule has 2 atom stereocenters. The van der Waals surface area contributed by atoms with E-state index in [1.54, 1.807) is 28.7 Å². The van der Waals surface area contributed by atoms with E-state index in [4.69, 9.17) is 10.6 Å². The van der Waals surface area contributed by atoms with Crippen molar-refractivity contribution in [3.8, 4) is 0 Å². The van der Waals surface area contributed by atoms with E-state index in [2.05, 4.69) is 15.1 Å². The number of carboxylic acid groups (broad SMARTS) is 1. The molecule has 1 aliphatic carbocycles. The molecule has 3 amide bonds. The molecule has 226 valence electrons. The van der Waals surface area contributed by atoms with Crippen LogP contribution in [0.15, 0.2) is 58.0 Å². The number of pyridine rings is 1. The van der Waals surface area contributed by atoms with Crippen molar-refractivity contribution in [1.29, 1.82) is 0 Å². The van der Waals surface area contributed by atoms with Gasteiger partial charge >= 0.3 is 35.5 Å². The summed E-state index contributed by atoms with van der Waals surface area (Å²) >= 11 is 2.43. The number of fused-ring (bicyclic) bond motifs is 1. The van der Waals surface area contributed by atoms with E-state index < -0.39 is 29.2 Å². The molecule has 0 radical (unpaired) electrons. The molecule has 0 bridgehead atoms. The monoisotopic (exact) mass is 647 g/mol. The van der Waals surface area contributed by atoms with Crippen molar-refractivity contribution in [3.63, 3.8) is 0 Å². The summed E-state index contributed by atoms with van der Waals surface area (Å²) in [6.07, 6.45) is 10.2. The number of carbonyl (C=O) groups excluding carboxylic acids is 3. The number of carboxylic acids is 1. The number of thiazole rings is 1. The molecule has 3 aliphatic heterocycles. The molecule has 2 saturated heterocycles. The first-order valence-corrected chi connectivity index (χ1v) is 15.8. The molecule has 1 saturated carbocycles. The zero-order chi connectivity index (χ0) is 30.1. The Kier molecular flexibility index (Phi) is 10.1. The van der Waals surface area contributed by atoms with Crippen molar-refractivity contribution in [2.24, 2.45) is 5.16 Å². The summed E-state index contributed by atoms with van der Waals surface area (Å²) in [4.78, 5) is 70.3. The summed E-state index contributed by atoms with van der Waals surface area (Å²) in [5, 5.41) is 15.1. The Hall–Kier alpha value is -3.24. The molecule has 4 aliphatic rings. The standard InChI is InChI=1S/C28H29N7O6S2.Na.H/c29-28-32-20(15-43-28)34(21(36)12-31-41-19-3-1-2-4-19)23-25(38)35-22(27(39)40)18(14-42-26(23)35)11-17-7-10-33(24(17)37)13-16-5-8-30-9-6-16;;/h5-6,8-9,11-12,15,19,23,26H,1-4,7,10,13-14H2,(H2,29,32)(H,39,40);;/b17-11+,31-12-;;/t23-,26-;;/m1../s1. The van der Waals surface area contributed by atoms with Gasteiger partial charge in [0.05, 0.1) is 0 Å². The van der Waals surface area contributed by atoms with E-state index >= 15 is 0 Å². The van der Waals surface area contributed by atoms with Crippen molar-refractivity contribution in [2.75, 3.05) is 22.9 Å². The summed E-state index contributed by atoms with van der Waals surface area (Å²) in [6, 6.07) is 2.66. The first-order chi connectivity index (χ1) is 20.8. The van der Waals surface area contributed by atoms with Gasteiger partial charge in [-0.2, -0.15) is 0 Å². The first kappa shape index (κ1) is 32.2. The number of hydrogen-bond acceptors (Lipinski definition) is 11. The molecule has 3 N–H and O–H groups in total. The third kappa shape index (κ3) is 6.42. The number of oxime groups is 1. The van der Waals surface area contributed by atoms with Crippen molar-refractivity contribution >= 4 is 93.5 Å². The fourth-order valence-electron chi connectivity index (χ4n) is 5.71. The molecule has 5 heterocycles. The quantitative estimate of drug-likeness (QED) is 0.134. The number of likely N-dealkylation sites (tertiary alicyclic amines) is 1. The number of nitrogen functional groups attached to an aromatic ring is 1. The molecular weight excluding hydrogens is 617 g/mol. The SMILES string of the molecule is Nc1nc(N(C(=O)/C=N\OC2CCCC2)[C@@H]2C(=O)N3C(C(=O)O)=C(/C=C4\CCN(Cc5ccncc5)C4=O)CS[C@H]23)cs1.[NaH]. The number of thioether (sulfide) groups is 1. The van der Waals surface area contributed by atoms with Crippen LogP contribution in [0.25, 0.3) is 0 Å². The third-order valence-corrected chi connectivity index (χ3v) is 9.75. The third-order valence-electron chi connectivity index (χ3n) is 7.80. The topological polar surface area (TPSA) is 172 Å². The Morgan fingerprint density at radius 1 is 1.23 bits per heavy atom. The molecule has 16 heteroatoms. The van der Waals surface area contributed by atoms with Crippen molar-refractivity contribution in [2.45, 2.75) is 56.2 Å². The maximum atomic E-state index is 13.6. The van der Waals surface area contributed by atoms with Gasteiger partial charge in [-0.15, -0.1) is 23.1 Å². The van der Waals surface area contributed by atoms with Crippen LogP contribution in [-0.2, 0) is 30.6 Å². The van der Waals surface area contributed by atoms with Crippen LogP contribution >= 0.6 is 23.1 Å². The van der Waals surface area contributed by atoms with Crippen LogP contribution in [0.4, 0.5) is 10.9 Å². The number of carbonyl (C=O) groups is 4. The number of amides is 3. The second-order valence-corrected chi connectivity index (χ2v) is 12.5. The molecular formula is C28H30N7NaO6S2. The van der Waals surface area contributed by atoms with Crippen LogP contribution in [0, 0.1) is 0 Å². The molecule has 0 unspecified atom stereocenters. The number of anilines is 2. The van der Waals surface area contributed by atoms with Gasteiger partial charge < -0.3 is 20.6 Å². The van der Waals surface area contributed by atoms with Gasteiger partial charge in [0.25, 0.3) is 11.8 Å². The van der Waals surface area contributed by atoms with E-state index in [0.29, 0.717) is 30.7 Å². The molecule has 3 fully saturated rings. The fraction of sp³-hybridized carbons (Fsp3) is 0.393. The zero-order valence-corrected chi connectivity index (χ0v) is 24.6. The van der Waals surface area contributed by atoms with Gasteiger partial charge in [-0.3, -0.25) is 29.2 Å². The number of nitrogens with zero attached hydrogens (tertiary/aromatic N) is 6. The first-order valence-electron chi connectivity index (χ1n) is 13.8. The number of allylic oxidation sites excluding steroid dienone is 1. The summed E-state index contributed by atoms with van der Waals surface area (Å²) in [7, 11) is 0. The van der Waals surface area contributed by atoms with Gasteiger partial charge in [-0.1, -0.05) is 5.16 Å². The van der Waals surface area contributed by atoms with Crippen molar-refractivity contribution in [3.05, 3.63) is 58.4 Å². The Morgan fingerprint density at radius 3 is 2.66 bits per heavy atom. The number of nitrogens with two attached hydrogens (primary N) is 1. The predicted octanol–water partition coefficient (Wildman–Crippen LogP) is 1.73. The molecule has 0 aromatic carbocycles. The van der Waals surface area contributed by atoms with E-state index in [-0.39, 0.29) is 64.0 Å². The van der Waals surface area contributed by atoms with Gasteiger partial charge in [-0.25, -0.2) is 9.78 Å². The van der Waals surface area contributed by atoms with Crippen LogP contribution < -0.4 is 10.6 Å². The van der Waals surface area contributed by atoms with Crippen LogP contribution in [0.5, 0.6) is 0 Å². The maximum absolute atomic E-state index is 13.6. The second-order valence-electron chi connectivity index (χ2n) is 10.5. The van der Waals surface area contributed by atoms with Crippen LogP contribution in [0.3, 0.4) is 0 Å². The second kappa shape index (κ2) is 13.8. The summed E-state index contributed by atoms with van der Waals surface area (Å²) in [5.41, 5.74) is 7.44. The van der Waals surface area contributed by atoms with Crippen LogP contribution in [0.2, 0.25) is 0 Å². The average Bonchev–Trinajstić information content (AvgIpc) is 3.75. The van der Waals surface area contributed by atoms with E-state index in [1.807, 2.05) is 12.1 Å². The normalized spacial score (nSPS) is 22.8. The number of hydrogen-bond donors (Lipinski definition) is 2. The van der Waals surface area contributed by atoms with Crippen molar-refractivity contribution in [1.82, 2.24) is 19.8 Å². The molecule has 6 rings (SSSR count). The Morgan fingerprint density at radius 2 is 1.98 bits per heavy atom. The van der Waals surface area contributed by atoms with Gasteiger partial charge in [0, 0.05) is 42.2 Å². The fourth-order valence-corrected chi connectivity index (χ4v) is 7.60. The molecule has 13 nitrogen and oxygen atoms in total. The summed E-state index contributed by atoms with van der Waals surface area (Å²) in [6.45, 7) is 0.926. The van der Waals surface area contributed by atoms with E-state index in [0.717, 1.165) is 48.8 Å². The van der Waals surface area contributed by atoms with E-state index in [9.17, 15) is 24.3 Å². The number of aromatic nitrogens is 2. The van der Waals surface area contributed by atoms with Gasteiger partial charge in [0.1, 0.15) is 35.2 Å². The summed E-state index contributed by atoms with van der Waals surface area (Å²) < 4.78 is 0. The van der Waals surface area contributed by atoms with Gasteiger partial charge in [0.2, 0.25) is 5.91 Å². The minimum atomic E-state index is -1.29. The summed E-state index contributed by atoms with van der Waals surface area (Å²) in [5.74, 6) is -2.25. The van der Waals surface area contributed by atoms with Gasteiger partial charge in [-0.05, 0) is 61.4 Å².